The number of thiophene rings is 1. The van der Waals surface area contributed by atoms with Crippen LogP contribution in [0.25, 0.3) is 11.0 Å². The summed E-state index contributed by atoms with van der Waals surface area (Å²) < 4.78 is 12.5. The highest BCUT2D eigenvalue weighted by molar-refractivity contribution is 7.09. The molecule has 8 heteroatoms. The van der Waals surface area contributed by atoms with Crippen molar-refractivity contribution < 1.29 is 14.3 Å². The molecular formula is C24H26N4O3S. The summed E-state index contributed by atoms with van der Waals surface area (Å²) in [6, 6.07) is 11.8. The van der Waals surface area contributed by atoms with E-state index in [1.807, 2.05) is 54.4 Å². The molecule has 1 amide bonds. The van der Waals surface area contributed by atoms with Gasteiger partial charge in [0.1, 0.15) is 0 Å². The molecule has 3 heterocycles. The minimum absolute atomic E-state index is 0.0448. The maximum Gasteiger partial charge on any atom is 0.254 e. The van der Waals surface area contributed by atoms with Crippen molar-refractivity contribution in [3.63, 3.8) is 0 Å². The Labute approximate surface area is 191 Å². The lowest BCUT2D eigenvalue weighted by Crippen LogP contribution is -2.29. The quantitative estimate of drug-likeness (QED) is 0.403. The zero-order valence-electron chi connectivity index (χ0n) is 18.7. The lowest BCUT2D eigenvalue weighted by molar-refractivity contribution is 0.0798. The van der Waals surface area contributed by atoms with Gasteiger partial charge >= 0.3 is 0 Å². The number of carbonyl (C=O) groups is 1. The molecular weight excluding hydrogens is 424 g/mol. The first kappa shape index (κ1) is 21.8. The van der Waals surface area contributed by atoms with E-state index in [0.717, 1.165) is 22.3 Å². The topological polar surface area (TPSA) is 69.5 Å². The smallest absolute Gasteiger partial charge is 0.254 e. The third-order valence-corrected chi connectivity index (χ3v) is 6.25. The Hall–Kier alpha value is -3.39. The lowest BCUT2D eigenvalue weighted by atomic mass is 10.1. The van der Waals surface area contributed by atoms with E-state index in [-0.39, 0.29) is 5.91 Å². The van der Waals surface area contributed by atoms with Gasteiger partial charge in [-0.1, -0.05) is 12.1 Å². The summed E-state index contributed by atoms with van der Waals surface area (Å²) >= 11 is 1.68. The molecule has 7 nitrogen and oxygen atoms in total. The van der Waals surface area contributed by atoms with Crippen LogP contribution in [0.4, 0.5) is 0 Å². The minimum atomic E-state index is -0.0448. The maximum atomic E-state index is 13.3. The summed E-state index contributed by atoms with van der Waals surface area (Å²) in [5.74, 6) is 1.33. The normalized spacial score (nSPS) is 11.0. The van der Waals surface area contributed by atoms with Gasteiger partial charge in [-0.3, -0.25) is 4.79 Å². The number of methoxy groups -OCH3 is 2. The molecule has 0 aliphatic carbocycles. The van der Waals surface area contributed by atoms with Crippen molar-refractivity contribution in [1.29, 1.82) is 0 Å². The zero-order chi connectivity index (χ0) is 22.7. The van der Waals surface area contributed by atoms with Crippen LogP contribution in [-0.2, 0) is 13.0 Å². The van der Waals surface area contributed by atoms with E-state index in [0.29, 0.717) is 36.6 Å². The second-order valence-electron chi connectivity index (χ2n) is 7.60. The van der Waals surface area contributed by atoms with Crippen LogP contribution in [0.1, 0.15) is 26.5 Å². The van der Waals surface area contributed by atoms with Crippen molar-refractivity contribution in [3.05, 3.63) is 69.7 Å². The van der Waals surface area contributed by atoms with E-state index in [2.05, 4.69) is 16.1 Å². The Kier molecular flexibility index (Phi) is 6.41. The third kappa shape index (κ3) is 4.45. The minimum Gasteiger partial charge on any atom is -0.493 e. The molecule has 32 heavy (non-hydrogen) atoms. The molecule has 0 unspecified atom stereocenters. The van der Waals surface area contributed by atoms with E-state index >= 15 is 0 Å². The predicted molar refractivity (Wildman–Crippen MR) is 126 cm³/mol. The Morgan fingerprint density at radius 3 is 2.69 bits per heavy atom. The van der Waals surface area contributed by atoms with Gasteiger partial charge in [0.2, 0.25) is 0 Å². The van der Waals surface area contributed by atoms with Crippen molar-refractivity contribution in [2.24, 2.45) is 0 Å². The van der Waals surface area contributed by atoms with Gasteiger partial charge in [-0.15, -0.1) is 11.3 Å². The number of pyridine rings is 1. The van der Waals surface area contributed by atoms with Gasteiger partial charge in [-0.2, -0.15) is 5.10 Å². The van der Waals surface area contributed by atoms with Crippen molar-refractivity contribution in [1.82, 2.24) is 19.7 Å². The zero-order valence-corrected chi connectivity index (χ0v) is 19.5. The molecule has 166 valence electrons. The van der Waals surface area contributed by atoms with Crippen molar-refractivity contribution in [3.8, 4) is 11.5 Å². The standard InChI is InChI=1S/C24H26N4O3S/c1-16-12-19(20-14-25-28(23(20)26-16)15-18-6-5-11-32-18)24(29)27(2)10-9-17-7-8-21(30-3)22(13-17)31-4/h5-8,11-14H,9-10,15H2,1-4H3. The van der Waals surface area contributed by atoms with E-state index in [1.165, 1.54) is 4.88 Å². The molecule has 0 saturated heterocycles. The molecule has 0 radical (unpaired) electrons. The number of amides is 1. The number of hydrogen-bond donors (Lipinski definition) is 0. The summed E-state index contributed by atoms with van der Waals surface area (Å²) in [6.45, 7) is 3.11. The molecule has 0 fully saturated rings. The van der Waals surface area contributed by atoms with Gasteiger partial charge in [-0.05, 0) is 48.6 Å². The van der Waals surface area contributed by atoms with Crippen LogP contribution in [0.3, 0.4) is 0 Å². The second-order valence-corrected chi connectivity index (χ2v) is 8.63. The molecule has 0 saturated carbocycles. The van der Waals surface area contributed by atoms with Crippen LogP contribution >= 0.6 is 11.3 Å². The van der Waals surface area contributed by atoms with E-state index in [9.17, 15) is 4.79 Å². The highest BCUT2D eigenvalue weighted by Gasteiger charge is 2.19. The number of nitrogens with zero attached hydrogens (tertiary/aromatic N) is 4. The molecule has 0 spiro atoms. The fourth-order valence-electron chi connectivity index (χ4n) is 3.66. The molecule has 0 N–H and O–H groups in total. The van der Waals surface area contributed by atoms with Crippen LogP contribution < -0.4 is 9.47 Å². The van der Waals surface area contributed by atoms with Crippen molar-refractivity contribution in [2.75, 3.05) is 27.8 Å². The summed E-state index contributed by atoms with van der Waals surface area (Å²) in [5.41, 5.74) is 3.22. The van der Waals surface area contributed by atoms with Crippen LogP contribution in [0.15, 0.2) is 48.0 Å². The molecule has 3 aromatic heterocycles. The number of fused-ring (bicyclic) bond motifs is 1. The maximum absolute atomic E-state index is 13.3. The summed E-state index contributed by atoms with van der Waals surface area (Å²) in [4.78, 5) is 20.9. The number of likely N-dealkylation sites (N-methyl/N-ethyl adjacent to an activating group) is 1. The number of benzene rings is 1. The van der Waals surface area contributed by atoms with Gasteiger partial charge in [0.05, 0.1) is 37.9 Å². The molecule has 1 aromatic carbocycles. The second kappa shape index (κ2) is 9.40. The highest BCUT2D eigenvalue weighted by Crippen LogP contribution is 2.28. The first-order valence-electron chi connectivity index (χ1n) is 10.3. The predicted octanol–water partition coefficient (Wildman–Crippen LogP) is 4.18. The molecule has 0 aliphatic heterocycles. The Morgan fingerprint density at radius 2 is 1.97 bits per heavy atom. The fourth-order valence-corrected chi connectivity index (χ4v) is 4.34. The van der Waals surface area contributed by atoms with Crippen molar-refractivity contribution >= 4 is 28.3 Å². The molecule has 4 rings (SSSR count). The first-order valence-corrected chi connectivity index (χ1v) is 11.2. The highest BCUT2D eigenvalue weighted by atomic mass is 32.1. The van der Waals surface area contributed by atoms with Gasteiger partial charge in [0, 0.05) is 24.2 Å². The Morgan fingerprint density at radius 1 is 1.16 bits per heavy atom. The molecule has 0 atom stereocenters. The number of ether oxygens (including phenoxy) is 2. The average Bonchev–Trinajstić information content (AvgIpc) is 3.46. The number of rotatable bonds is 8. The number of aromatic nitrogens is 3. The Balaban J connectivity index is 1.53. The van der Waals surface area contributed by atoms with Gasteiger partial charge < -0.3 is 14.4 Å². The Bertz CT molecular complexity index is 1230. The molecule has 0 bridgehead atoms. The summed E-state index contributed by atoms with van der Waals surface area (Å²) in [6.07, 6.45) is 2.44. The monoisotopic (exact) mass is 450 g/mol. The summed E-state index contributed by atoms with van der Waals surface area (Å²) in [7, 11) is 5.05. The number of carbonyl (C=O) groups excluding carboxylic acids is 1. The van der Waals surface area contributed by atoms with E-state index in [1.54, 1.807) is 36.7 Å². The number of hydrogen-bond acceptors (Lipinski definition) is 6. The van der Waals surface area contributed by atoms with Crippen LogP contribution in [0.5, 0.6) is 11.5 Å². The molecule has 0 aliphatic rings. The fraction of sp³-hybridized carbons (Fsp3) is 0.292. The van der Waals surface area contributed by atoms with Crippen molar-refractivity contribution in [2.45, 2.75) is 19.9 Å². The van der Waals surface area contributed by atoms with E-state index in [4.69, 9.17) is 9.47 Å². The van der Waals surface area contributed by atoms with Gasteiger partial charge in [0.25, 0.3) is 5.91 Å². The van der Waals surface area contributed by atoms with Gasteiger partial charge in [0.15, 0.2) is 17.1 Å². The molecule has 4 aromatic rings. The van der Waals surface area contributed by atoms with Crippen LogP contribution in [-0.4, -0.2) is 53.4 Å². The van der Waals surface area contributed by atoms with Gasteiger partial charge in [-0.25, -0.2) is 9.67 Å². The van der Waals surface area contributed by atoms with Crippen LogP contribution in [0.2, 0.25) is 0 Å². The van der Waals surface area contributed by atoms with E-state index < -0.39 is 0 Å². The number of aryl methyl sites for hydroxylation is 1. The SMILES string of the molecule is COc1ccc(CCN(C)C(=O)c2cc(C)nc3c2cnn3Cc2cccs2)cc1OC. The average molecular weight is 451 g/mol. The third-order valence-electron chi connectivity index (χ3n) is 5.38. The largest absolute Gasteiger partial charge is 0.493 e. The summed E-state index contributed by atoms with van der Waals surface area (Å²) in [5, 5.41) is 7.32. The van der Waals surface area contributed by atoms with Crippen LogP contribution in [0, 0.1) is 6.92 Å². The lowest BCUT2D eigenvalue weighted by Gasteiger charge is -2.18. The first-order chi connectivity index (χ1) is 15.5.